The summed E-state index contributed by atoms with van der Waals surface area (Å²) in [4.78, 5) is 22.0. The number of hydrogen-bond acceptors (Lipinski definition) is 4. The molecule has 4 nitrogen and oxygen atoms in total. The molecule has 1 aromatic heterocycles. The number of anilines is 1. The zero-order chi connectivity index (χ0) is 20.3. The van der Waals surface area contributed by atoms with Crippen LogP contribution in [0.2, 0.25) is 0 Å². The molecule has 0 atom stereocenters. The van der Waals surface area contributed by atoms with Crippen molar-refractivity contribution in [1.29, 1.82) is 0 Å². The monoisotopic (exact) mass is 399 g/mol. The summed E-state index contributed by atoms with van der Waals surface area (Å²) in [6, 6.07) is 10.4. The molecular formula is C22H26FN3OS. The average molecular weight is 400 g/mol. The lowest BCUT2D eigenvalue weighted by molar-refractivity contribution is 0.0983. The van der Waals surface area contributed by atoms with E-state index in [4.69, 9.17) is 0 Å². The molecule has 28 heavy (non-hydrogen) atoms. The van der Waals surface area contributed by atoms with Gasteiger partial charge >= 0.3 is 0 Å². The average Bonchev–Trinajstić information content (AvgIpc) is 3.07. The van der Waals surface area contributed by atoms with Crippen LogP contribution in [0.1, 0.15) is 35.3 Å². The Bertz CT molecular complexity index is 981. The molecule has 0 saturated carbocycles. The van der Waals surface area contributed by atoms with Crippen LogP contribution in [0, 0.1) is 19.7 Å². The van der Waals surface area contributed by atoms with Gasteiger partial charge in [0, 0.05) is 18.7 Å². The highest BCUT2D eigenvalue weighted by molar-refractivity contribution is 7.22. The fraction of sp³-hybridized carbons (Fsp3) is 0.364. The Labute approximate surface area is 169 Å². The second kappa shape index (κ2) is 8.80. The van der Waals surface area contributed by atoms with Gasteiger partial charge in [-0.05, 0) is 56.8 Å². The number of aromatic nitrogens is 1. The third-order valence-electron chi connectivity index (χ3n) is 4.96. The fourth-order valence-electron chi connectivity index (χ4n) is 3.27. The summed E-state index contributed by atoms with van der Waals surface area (Å²) in [5.41, 5.74) is 3.46. The Morgan fingerprint density at radius 2 is 1.82 bits per heavy atom. The normalized spacial score (nSPS) is 11.4. The third-order valence-corrected chi connectivity index (χ3v) is 6.00. The van der Waals surface area contributed by atoms with Crippen LogP contribution in [0.4, 0.5) is 9.52 Å². The molecule has 0 aliphatic carbocycles. The third kappa shape index (κ3) is 4.39. The quantitative estimate of drug-likeness (QED) is 0.558. The first-order valence-corrected chi connectivity index (χ1v) is 10.4. The number of carbonyl (C=O) groups is 1. The van der Waals surface area contributed by atoms with Gasteiger partial charge in [0.05, 0.1) is 10.2 Å². The Kier molecular flexibility index (Phi) is 6.42. The molecule has 0 fully saturated rings. The van der Waals surface area contributed by atoms with Crippen molar-refractivity contribution in [3.05, 3.63) is 58.9 Å². The van der Waals surface area contributed by atoms with E-state index in [-0.39, 0.29) is 11.7 Å². The molecule has 148 valence electrons. The van der Waals surface area contributed by atoms with Gasteiger partial charge in [0.25, 0.3) is 5.91 Å². The highest BCUT2D eigenvalue weighted by atomic mass is 32.1. The molecule has 1 heterocycles. The highest BCUT2D eigenvalue weighted by Crippen LogP contribution is 2.30. The largest absolute Gasteiger partial charge is 0.302 e. The van der Waals surface area contributed by atoms with Crippen molar-refractivity contribution in [2.24, 2.45) is 0 Å². The Morgan fingerprint density at radius 3 is 2.50 bits per heavy atom. The topological polar surface area (TPSA) is 36.4 Å². The number of amides is 1. The lowest BCUT2D eigenvalue weighted by atomic mass is 10.0. The number of fused-ring (bicyclic) bond motifs is 1. The van der Waals surface area contributed by atoms with E-state index in [2.05, 4.69) is 23.7 Å². The highest BCUT2D eigenvalue weighted by Gasteiger charge is 2.23. The first-order valence-electron chi connectivity index (χ1n) is 9.60. The molecule has 0 aliphatic rings. The Balaban J connectivity index is 1.98. The molecule has 2 aromatic carbocycles. The van der Waals surface area contributed by atoms with Crippen molar-refractivity contribution >= 4 is 32.6 Å². The van der Waals surface area contributed by atoms with Crippen molar-refractivity contribution in [1.82, 2.24) is 9.88 Å². The van der Waals surface area contributed by atoms with Crippen LogP contribution >= 0.6 is 11.3 Å². The summed E-state index contributed by atoms with van der Waals surface area (Å²) < 4.78 is 14.3. The maximum Gasteiger partial charge on any atom is 0.260 e. The second-order valence-corrected chi connectivity index (χ2v) is 7.92. The smallest absolute Gasteiger partial charge is 0.260 e. The Morgan fingerprint density at radius 1 is 1.07 bits per heavy atom. The van der Waals surface area contributed by atoms with E-state index in [1.165, 1.54) is 23.5 Å². The van der Waals surface area contributed by atoms with Gasteiger partial charge in [0.2, 0.25) is 0 Å². The standard InChI is InChI=1S/C22H26FN3OS/c1-5-25(6-2)11-12-26(21(27)18-9-7-15(3)13-16(18)4)22-24-19-10-8-17(23)14-20(19)28-22/h7-10,13-14H,5-6,11-12H2,1-4H3. The first-order chi connectivity index (χ1) is 13.4. The second-order valence-electron chi connectivity index (χ2n) is 6.91. The molecule has 0 unspecified atom stereocenters. The van der Waals surface area contributed by atoms with Crippen molar-refractivity contribution in [2.75, 3.05) is 31.1 Å². The predicted octanol–water partition coefficient (Wildman–Crippen LogP) is 5.04. The van der Waals surface area contributed by atoms with Gasteiger partial charge in [-0.3, -0.25) is 9.69 Å². The van der Waals surface area contributed by atoms with Gasteiger partial charge in [-0.1, -0.05) is 42.9 Å². The summed E-state index contributed by atoms with van der Waals surface area (Å²) in [6.45, 7) is 11.3. The predicted molar refractivity (Wildman–Crippen MR) is 115 cm³/mol. The molecule has 0 saturated heterocycles. The maximum absolute atomic E-state index is 13.6. The van der Waals surface area contributed by atoms with Gasteiger partial charge < -0.3 is 4.90 Å². The number of likely N-dealkylation sites (N-methyl/N-ethyl adjacent to an activating group) is 1. The summed E-state index contributed by atoms with van der Waals surface area (Å²) in [6.07, 6.45) is 0. The van der Waals surface area contributed by atoms with Gasteiger partial charge in [-0.2, -0.15) is 0 Å². The fourth-order valence-corrected chi connectivity index (χ4v) is 4.28. The van der Waals surface area contributed by atoms with E-state index in [9.17, 15) is 9.18 Å². The number of nitrogens with zero attached hydrogens (tertiary/aromatic N) is 3. The van der Waals surface area contributed by atoms with Crippen LogP contribution in [0.15, 0.2) is 36.4 Å². The SMILES string of the molecule is CCN(CC)CCN(C(=O)c1ccc(C)cc1C)c1nc2ccc(F)cc2s1. The van der Waals surface area contributed by atoms with Gasteiger partial charge in [0.15, 0.2) is 5.13 Å². The zero-order valence-corrected chi connectivity index (χ0v) is 17.6. The molecule has 0 bridgehead atoms. The van der Waals surface area contributed by atoms with Crippen LogP contribution in [0.5, 0.6) is 0 Å². The van der Waals surface area contributed by atoms with Gasteiger partial charge in [-0.15, -0.1) is 0 Å². The molecule has 0 aliphatic heterocycles. The van der Waals surface area contributed by atoms with Gasteiger partial charge in [-0.25, -0.2) is 9.37 Å². The summed E-state index contributed by atoms with van der Waals surface area (Å²) in [5.74, 6) is -0.359. The van der Waals surface area contributed by atoms with E-state index in [0.717, 1.165) is 35.5 Å². The maximum atomic E-state index is 13.6. The van der Waals surface area contributed by atoms with E-state index in [1.807, 2.05) is 32.0 Å². The van der Waals surface area contributed by atoms with Crippen LogP contribution in [-0.4, -0.2) is 42.0 Å². The molecule has 1 amide bonds. The number of rotatable bonds is 7. The molecular weight excluding hydrogens is 373 g/mol. The number of carbonyl (C=O) groups excluding carboxylic acids is 1. The molecule has 6 heteroatoms. The molecule has 0 spiro atoms. The van der Waals surface area contributed by atoms with Crippen LogP contribution in [0.25, 0.3) is 10.2 Å². The molecule has 0 N–H and O–H groups in total. The summed E-state index contributed by atoms with van der Waals surface area (Å²) in [7, 11) is 0. The van der Waals surface area contributed by atoms with E-state index in [0.29, 0.717) is 22.8 Å². The van der Waals surface area contributed by atoms with E-state index < -0.39 is 0 Å². The van der Waals surface area contributed by atoms with Crippen molar-refractivity contribution < 1.29 is 9.18 Å². The van der Waals surface area contributed by atoms with E-state index in [1.54, 1.807) is 11.0 Å². The van der Waals surface area contributed by atoms with E-state index >= 15 is 0 Å². The first kappa shape index (κ1) is 20.4. The van der Waals surface area contributed by atoms with Crippen LogP contribution in [0.3, 0.4) is 0 Å². The number of hydrogen-bond donors (Lipinski definition) is 0. The summed E-state index contributed by atoms with van der Waals surface area (Å²) >= 11 is 1.35. The summed E-state index contributed by atoms with van der Waals surface area (Å²) in [5, 5.41) is 0.609. The van der Waals surface area contributed by atoms with Crippen LogP contribution in [-0.2, 0) is 0 Å². The molecule has 0 radical (unpaired) electrons. The van der Waals surface area contributed by atoms with Gasteiger partial charge in [0.1, 0.15) is 5.82 Å². The minimum Gasteiger partial charge on any atom is -0.302 e. The van der Waals surface area contributed by atoms with Crippen molar-refractivity contribution in [3.63, 3.8) is 0 Å². The lowest BCUT2D eigenvalue weighted by Crippen LogP contribution is -2.39. The number of aryl methyl sites for hydroxylation is 2. The molecule has 3 aromatic rings. The lowest BCUT2D eigenvalue weighted by Gasteiger charge is -2.25. The van der Waals surface area contributed by atoms with Crippen molar-refractivity contribution in [3.8, 4) is 0 Å². The van der Waals surface area contributed by atoms with Crippen molar-refractivity contribution in [2.45, 2.75) is 27.7 Å². The molecule has 3 rings (SSSR count). The minimum absolute atomic E-state index is 0.0656. The number of thiazole rings is 1. The minimum atomic E-state index is -0.293. The van der Waals surface area contributed by atoms with Crippen LogP contribution < -0.4 is 4.90 Å². The zero-order valence-electron chi connectivity index (χ0n) is 16.8. The number of benzene rings is 2. The number of halogens is 1. The Hall–Kier alpha value is -2.31.